The Labute approximate surface area is 128 Å². The smallest absolute Gasteiger partial charge is 0.195 e. The molecule has 0 radical (unpaired) electrons. The van der Waals surface area contributed by atoms with E-state index in [1.807, 2.05) is 25.1 Å². The van der Waals surface area contributed by atoms with E-state index in [4.69, 9.17) is 0 Å². The number of carbonyl (C=O) groups is 2. The van der Waals surface area contributed by atoms with E-state index in [1.165, 1.54) is 0 Å². The number of aryl methyl sites for hydroxylation is 1. The van der Waals surface area contributed by atoms with Crippen molar-refractivity contribution in [2.45, 2.75) is 25.2 Å². The Kier molecular flexibility index (Phi) is 3.68. The SMILES string of the molecule is CCCSc1ccc(C)c2c1C(=O)c1ccccc1C2=O. The summed E-state index contributed by atoms with van der Waals surface area (Å²) < 4.78 is 0. The maximum absolute atomic E-state index is 12.8. The van der Waals surface area contributed by atoms with Crippen LogP contribution in [-0.2, 0) is 0 Å². The third-order valence-electron chi connectivity index (χ3n) is 3.71. The van der Waals surface area contributed by atoms with E-state index in [0.29, 0.717) is 22.3 Å². The van der Waals surface area contributed by atoms with Crippen molar-refractivity contribution in [2.24, 2.45) is 0 Å². The molecule has 0 N–H and O–H groups in total. The highest BCUT2D eigenvalue weighted by Gasteiger charge is 2.32. The number of rotatable bonds is 3. The van der Waals surface area contributed by atoms with Gasteiger partial charge < -0.3 is 0 Å². The molecule has 2 nitrogen and oxygen atoms in total. The van der Waals surface area contributed by atoms with Gasteiger partial charge in [-0.1, -0.05) is 37.3 Å². The van der Waals surface area contributed by atoms with E-state index < -0.39 is 0 Å². The zero-order valence-corrected chi connectivity index (χ0v) is 12.9. The number of thioether (sulfide) groups is 1. The van der Waals surface area contributed by atoms with Crippen LogP contribution >= 0.6 is 11.8 Å². The van der Waals surface area contributed by atoms with Crippen LogP contribution in [0, 0.1) is 6.92 Å². The van der Waals surface area contributed by atoms with Crippen LogP contribution in [0.1, 0.15) is 50.8 Å². The minimum Gasteiger partial charge on any atom is -0.289 e. The first-order valence-corrected chi connectivity index (χ1v) is 8.08. The molecule has 3 rings (SSSR count). The standard InChI is InChI=1S/C18H16O2S/c1-3-10-21-14-9-8-11(2)15-16(14)18(20)13-7-5-4-6-12(13)17(15)19/h4-9H,3,10H2,1-2H3. The molecule has 0 fully saturated rings. The summed E-state index contributed by atoms with van der Waals surface area (Å²) >= 11 is 1.65. The topological polar surface area (TPSA) is 34.1 Å². The van der Waals surface area contributed by atoms with Gasteiger partial charge in [0.1, 0.15) is 0 Å². The van der Waals surface area contributed by atoms with Gasteiger partial charge in [0.15, 0.2) is 11.6 Å². The predicted octanol–water partition coefficient (Wildman–Crippen LogP) is 4.27. The van der Waals surface area contributed by atoms with Crippen LogP contribution in [0.25, 0.3) is 0 Å². The predicted molar refractivity (Wildman–Crippen MR) is 85.5 cm³/mol. The monoisotopic (exact) mass is 296 g/mol. The van der Waals surface area contributed by atoms with E-state index in [9.17, 15) is 9.59 Å². The number of benzene rings is 2. The van der Waals surface area contributed by atoms with Gasteiger partial charge in [-0.3, -0.25) is 9.59 Å². The average Bonchev–Trinajstić information content (AvgIpc) is 2.51. The molecule has 0 spiro atoms. The summed E-state index contributed by atoms with van der Waals surface area (Å²) in [6.07, 6.45) is 1.03. The molecule has 3 heteroatoms. The van der Waals surface area contributed by atoms with Crippen molar-refractivity contribution in [2.75, 3.05) is 5.75 Å². The first-order valence-electron chi connectivity index (χ1n) is 7.10. The molecule has 0 aromatic heterocycles. The highest BCUT2D eigenvalue weighted by Crippen LogP contribution is 2.35. The number of fused-ring (bicyclic) bond motifs is 2. The molecular weight excluding hydrogens is 280 g/mol. The van der Waals surface area contributed by atoms with Crippen LogP contribution in [0.4, 0.5) is 0 Å². The van der Waals surface area contributed by atoms with Gasteiger partial charge in [-0.05, 0) is 30.7 Å². The lowest BCUT2D eigenvalue weighted by Gasteiger charge is -2.21. The largest absolute Gasteiger partial charge is 0.289 e. The van der Waals surface area contributed by atoms with Crippen molar-refractivity contribution in [1.29, 1.82) is 0 Å². The van der Waals surface area contributed by atoms with Crippen molar-refractivity contribution < 1.29 is 9.59 Å². The fourth-order valence-corrected chi connectivity index (χ4v) is 3.61. The second kappa shape index (κ2) is 5.49. The second-order valence-corrected chi connectivity index (χ2v) is 6.32. The molecule has 0 aliphatic heterocycles. The van der Waals surface area contributed by atoms with Gasteiger partial charge in [-0.25, -0.2) is 0 Å². The average molecular weight is 296 g/mol. The summed E-state index contributed by atoms with van der Waals surface area (Å²) in [5.41, 5.74) is 3.10. The molecule has 0 unspecified atom stereocenters. The molecule has 1 aliphatic carbocycles. The van der Waals surface area contributed by atoms with Crippen LogP contribution < -0.4 is 0 Å². The Balaban J connectivity index is 2.24. The van der Waals surface area contributed by atoms with E-state index >= 15 is 0 Å². The molecule has 0 amide bonds. The molecule has 106 valence electrons. The van der Waals surface area contributed by atoms with Gasteiger partial charge in [-0.2, -0.15) is 0 Å². The molecule has 21 heavy (non-hydrogen) atoms. The number of ketones is 2. The molecular formula is C18H16O2S. The summed E-state index contributed by atoms with van der Waals surface area (Å²) in [6, 6.07) is 11.0. The fraction of sp³-hybridized carbons (Fsp3) is 0.222. The van der Waals surface area contributed by atoms with Crippen molar-refractivity contribution in [3.63, 3.8) is 0 Å². The van der Waals surface area contributed by atoms with E-state index in [1.54, 1.807) is 30.0 Å². The first kappa shape index (κ1) is 14.1. The molecule has 2 aromatic rings. The molecule has 2 aromatic carbocycles. The maximum Gasteiger partial charge on any atom is 0.195 e. The van der Waals surface area contributed by atoms with Crippen molar-refractivity contribution in [1.82, 2.24) is 0 Å². The van der Waals surface area contributed by atoms with Gasteiger partial charge >= 0.3 is 0 Å². The first-order chi connectivity index (χ1) is 10.1. The molecule has 0 saturated carbocycles. The van der Waals surface area contributed by atoms with Crippen LogP contribution in [-0.4, -0.2) is 17.3 Å². The molecule has 0 bridgehead atoms. The lowest BCUT2D eigenvalue weighted by atomic mass is 9.82. The number of hydrogen-bond donors (Lipinski definition) is 0. The van der Waals surface area contributed by atoms with Crippen molar-refractivity contribution in [3.8, 4) is 0 Å². The summed E-state index contributed by atoms with van der Waals surface area (Å²) in [6.45, 7) is 4.00. The van der Waals surface area contributed by atoms with Crippen LogP contribution in [0.3, 0.4) is 0 Å². The summed E-state index contributed by atoms with van der Waals surface area (Å²) in [5.74, 6) is 0.887. The maximum atomic E-state index is 12.8. The van der Waals surface area contributed by atoms with Crippen molar-refractivity contribution in [3.05, 3.63) is 64.2 Å². The highest BCUT2D eigenvalue weighted by atomic mass is 32.2. The summed E-state index contributed by atoms with van der Waals surface area (Å²) in [5, 5.41) is 0. The Morgan fingerprint density at radius 2 is 1.52 bits per heavy atom. The lowest BCUT2D eigenvalue weighted by molar-refractivity contribution is 0.0976. The Morgan fingerprint density at radius 3 is 2.14 bits per heavy atom. The number of hydrogen-bond acceptors (Lipinski definition) is 3. The summed E-state index contributed by atoms with van der Waals surface area (Å²) in [4.78, 5) is 26.5. The Bertz CT molecular complexity index is 747. The zero-order valence-electron chi connectivity index (χ0n) is 12.1. The highest BCUT2D eigenvalue weighted by molar-refractivity contribution is 7.99. The lowest BCUT2D eigenvalue weighted by Crippen LogP contribution is -2.22. The zero-order chi connectivity index (χ0) is 15.0. The minimum absolute atomic E-state index is 0.0255. The van der Waals surface area contributed by atoms with Gasteiger partial charge in [0.05, 0.1) is 0 Å². The number of carbonyl (C=O) groups excluding carboxylic acids is 2. The van der Waals surface area contributed by atoms with E-state index in [2.05, 4.69) is 6.92 Å². The van der Waals surface area contributed by atoms with Gasteiger partial charge in [0, 0.05) is 27.1 Å². The van der Waals surface area contributed by atoms with Gasteiger partial charge in [0.2, 0.25) is 0 Å². The minimum atomic E-state index is -0.0309. The van der Waals surface area contributed by atoms with Crippen LogP contribution in [0.2, 0.25) is 0 Å². The van der Waals surface area contributed by atoms with Gasteiger partial charge in [-0.15, -0.1) is 11.8 Å². The van der Waals surface area contributed by atoms with E-state index in [0.717, 1.165) is 22.6 Å². The van der Waals surface area contributed by atoms with E-state index in [-0.39, 0.29) is 11.6 Å². The Hall–Kier alpha value is -1.87. The normalized spacial score (nSPS) is 13.0. The molecule has 0 saturated heterocycles. The van der Waals surface area contributed by atoms with Crippen molar-refractivity contribution >= 4 is 23.3 Å². The quantitative estimate of drug-likeness (QED) is 0.677. The molecule has 0 atom stereocenters. The van der Waals surface area contributed by atoms with Gasteiger partial charge in [0.25, 0.3) is 0 Å². The third-order valence-corrected chi connectivity index (χ3v) is 4.97. The second-order valence-electron chi connectivity index (χ2n) is 5.18. The van der Waals surface area contributed by atoms with Crippen LogP contribution in [0.5, 0.6) is 0 Å². The Morgan fingerprint density at radius 1 is 0.905 bits per heavy atom. The van der Waals surface area contributed by atoms with Crippen LogP contribution in [0.15, 0.2) is 41.3 Å². The third kappa shape index (κ3) is 2.22. The summed E-state index contributed by atoms with van der Waals surface area (Å²) in [7, 11) is 0. The molecule has 1 aliphatic rings. The fourth-order valence-electron chi connectivity index (χ4n) is 2.69. The molecule has 0 heterocycles.